The Kier molecular flexibility index (Phi) is 6.63. The molecule has 1 aromatic carbocycles. The summed E-state index contributed by atoms with van der Waals surface area (Å²) < 4.78 is 58.0. The van der Waals surface area contributed by atoms with Crippen molar-refractivity contribution in [2.75, 3.05) is 6.61 Å². The van der Waals surface area contributed by atoms with Gasteiger partial charge in [-0.2, -0.15) is 5.26 Å². The van der Waals surface area contributed by atoms with Crippen molar-refractivity contribution in [1.29, 1.82) is 5.26 Å². The first kappa shape index (κ1) is 18.5. The number of ether oxygens (including phenoxy) is 2. The van der Waals surface area contributed by atoms with E-state index in [9.17, 15) is 22.4 Å². The van der Waals surface area contributed by atoms with Gasteiger partial charge < -0.3 is 14.8 Å². The van der Waals surface area contributed by atoms with Gasteiger partial charge in [0.05, 0.1) is 12.7 Å². The second-order valence-corrected chi connectivity index (χ2v) is 4.43. The van der Waals surface area contributed by atoms with Gasteiger partial charge in [-0.25, -0.2) is 9.18 Å². The molecule has 1 amide bonds. The number of alkyl carbamates (subject to hydrolysis) is 1. The molecule has 0 aliphatic rings. The Hall–Kier alpha value is -2.50. The van der Waals surface area contributed by atoms with E-state index in [1.54, 1.807) is 6.07 Å². The van der Waals surface area contributed by atoms with E-state index in [2.05, 4.69) is 10.1 Å². The number of halogens is 4. The zero-order valence-corrected chi connectivity index (χ0v) is 12.1. The molecule has 0 aliphatic heterocycles. The smallest absolute Gasteiger partial charge is 0.450 e. The summed E-state index contributed by atoms with van der Waals surface area (Å²) in [5.41, 5.74) is -0.0352. The summed E-state index contributed by atoms with van der Waals surface area (Å²) in [6, 6.07) is 2.88. The molecule has 5 nitrogen and oxygen atoms in total. The van der Waals surface area contributed by atoms with E-state index >= 15 is 0 Å². The van der Waals surface area contributed by atoms with Crippen LogP contribution in [0.25, 0.3) is 0 Å². The summed E-state index contributed by atoms with van der Waals surface area (Å²) in [5.74, 6) is -2.33. The number of hydrogen-bond acceptors (Lipinski definition) is 4. The van der Waals surface area contributed by atoms with Crippen molar-refractivity contribution in [1.82, 2.24) is 5.32 Å². The summed E-state index contributed by atoms with van der Waals surface area (Å²) in [7, 11) is 0. The van der Waals surface area contributed by atoms with Crippen LogP contribution in [0, 0.1) is 17.1 Å². The lowest BCUT2D eigenvalue weighted by Crippen LogP contribution is -2.28. The molecule has 0 radical (unpaired) electrons. The fourth-order valence-corrected chi connectivity index (χ4v) is 1.56. The molecule has 1 N–H and O–H groups in total. The molecule has 1 unspecified atom stereocenters. The summed E-state index contributed by atoms with van der Waals surface area (Å²) in [6.45, 7) is 2.06. The minimum Gasteiger partial charge on any atom is -0.450 e. The van der Waals surface area contributed by atoms with Gasteiger partial charge in [0.2, 0.25) is 0 Å². The van der Waals surface area contributed by atoms with Crippen LogP contribution in [0.4, 0.5) is 22.4 Å². The minimum atomic E-state index is -5.03. The van der Waals surface area contributed by atoms with E-state index < -0.39 is 30.1 Å². The molecule has 1 atom stereocenters. The Morgan fingerprint density at radius 3 is 2.65 bits per heavy atom. The second kappa shape index (κ2) is 8.22. The predicted molar refractivity (Wildman–Crippen MR) is 70.8 cm³/mol. The Bertz CT molecular complexity index is 584. The molecule has 9 heteroatoms. The van der Waals surface area contributed by atoms with Crippen LogP contribution >= 0.6 is 0 Å². The highest BCUT2D eigenvalue weighted by Crippen LogP contribution is 2.27. The van der Waals surface area contributed by atoms with Crippen molar-refractivity contribution in [3.63, 3.8) is 0 Å². The van der Waals surface area contributed by atoms with Gasteiger partial charge >= 0.3 is 12.5 Å². The van der Waals surface area contributed by atoms with Gasteiger partial charge in [-0.1, -0.05) is 19.4 Å². The molecular weight excluding hydrogens is 320 g/mol. The third kappa shape index (κ3) is 6.42. The van der Waals surface area contributed by atoms with Crippen LogP contribution in [0.15, 0.2) is 18.2 Å². The molecule has 23 heavy (non-hydrogen) atoms. The lowest BCUT2D eigenvalue weighted by atomic mass is 10.1. The molecule has 126 valence electrons. The molecule has 0 saturated carbocycles. The first-order valence-electron chi connectivity index (χ1n) is 6.65. The van der Waals surface area contributed by atoms with Gasteiger partial charge in [0.15, 0.2) is 11.6 Å². The summed E-state index contributed by atoms with van der Waals surface area (Å²) in [5, 5.41) is 11.2. The molecular formula is C14H14F4N2O3. The van der Waals surface area contributed by atoms with Gasteiger partial charge in [0.1, 0.15) is 6.04 Å². The highest BCUT2D eigenvalue weighted by molar-refractivity contribution is 5.68. The van der Waals surface area contributed by atoms with Gasteiger partial charge in [-0.15, -0.1) is 13.2 Å². The largest absolute Gasteiger partial charge is 0.573 e. The Morgan fingerprint density at radius 2 is 2.13 bits per heavy atom. The normalized spacial score (nSPS) is 12.2. The maximum absolute atomic E-state index is 13.6. The second-order valence-electron chi connectivity index (χ2n) is 4.43. The number of benzene rings is 1. The Morgan fingerprint density at radius 1 is 1.43 bits per heavy atom. The lowest BCUT2D eigenvalue weighted by molar-refractivity contribution is -0.275. The topological polar surface area (TPSA) is 71.3 Å². The number of unbranched alkanes of at least 4 members (excludes halogenated alkanes) is 1. The third-order valence-corrected chi connectivity index (χ3v) is 2.64. The van der Waals surface area contributed by atoms with Crippen LogP contribution in [0.2, 0.25) is 0 Å². The number of rotatable bonds is 6. The Labute approximate surface area is 129 Å². The average Bonchev–Trinajstić information content (AvgIpc) is 2.46. The van der Waals surface area contributed by atoms with Gasteiger partial charge in [-0.3, -0.25) is 0 Å². The zero-order chi connectivity index (χ0) is 17.5. The highest BCUT2D eigenvalue weighted by Gasteiger charge is 2.32. The van der Waals surface area contributed by atoms with Crippen molar-refractivity contribution in [2.45, 2.75) is 32.2 Å². The number of carbonyl (C=O) groups excluding carboxylic acids is 1. The van der Waals surface area contributed by atoms with Crippen LogP contribution in [0.3, 0.4) is 0 Å². The van der Waals surface area contributed by atoms with Crippen LogP contribution in [0.1, 0.15) is 31.4 Å². The van der Waals surface area contributed by atoms with Crippen LogP contribution in [-0.4, -0.2) is 19.1 Å². The number of nitrogens with zero attached hydrogens (tertiary/aromatic N) is 1. The van der Waals surface area contributed by atoms with Crippen molar-refractivity contribution in [3.05, 3.63) is 29.6 Å². The standard InChI is InChI=1S/C14H14F4N2O3/c1-2-3-6-22-13(21)20-11(8-19)9-4-5-12(10(15)7-9)23-14(16,17)18/h4-5,7,11H,2-3,6H2,1H3,(H,20,21). The van der Waals surface area contributed by atoms with Gasteiger partial charge in [-0.05, 0) is 24.1 Å². The van der Waals surface area contributed by atoms with Crippen molar-refractivity contribution < 1.29 is 31.8 Å². The predicted octanol–water partition coefficient (Wildman–Crippen LogP) is 3.82. The SMILES string of the molecule is CCCCOC(=O)NC(C#N)c1ccc(OC(F)(F)F)c(F)c1. The first-order valence-corrected chi connectivity index (χ1v) is 6.65. The van der Waals surface area contributed by atoms with Gasteiger partial charge in [0.25, 0.3) is 0 Å². The summed E-state index contributed by atoms with van der Waals surface area (Å²) in [6.07, 6.45) is -4.46. The first-order chi connectivity index (χ1) is 10.8. The quantitative estimate of drug-likeness (QED) is 0.634. The van der Waals surface area contributed by atoms with Crippen LogP contribution in [-0.2, 0) is 4.74 Å². The number of nitriles is 1. The van der Waals surface area contributed by atoms with Crippen molar-refractivity contribution >= 4 is 6.09 Å². The molecule has 0 fully saturated rings. The lowest BCUT2D eigenvalue weighted by Gasteiger charge is -2.14. The molecule has 1 rings (SSSR count). The number of nitrogens with one attached hydrogen (secondary N) is 1. The number of amides is 1. The molecule has 1 aromatic rings. The van der Waals surface area contributed by atoms with E-state index in [1.807, 2.05) is 6.92 Å². The summed E-state index contributed by atoms with van der Waals surface area (Å²) in [4.78, 5) is 11.4. The fourth-order valence-electron chi connectivity index (χ4n) is 1.56. The van der Waals surface area contributed by atoms with E-state index in [-0.39, 0.29) is 12.2 Å². The molecule has 0 aromatic heterocycles. The highest BCUT2D eigenvalue weighted by atomic mass is 19.4. The number of alkyl halides is 3. The number of hydrogen-bond donors (Lipinski definition) is 1. The number of carbonyl (C=O) groups is 1. The molecule has 0 heterocycles. The molecule has 0 bridgehead atoms. The van der Waals surface area contributed by atoms with Crippen LogP contribution in [0.5, 0.6) is 5.75 Å². The van der Waals surface area contributed by atoms with E-state index in [1.165, 1.54) is 0 Å². The third-order valence-electron chi connectivity index (χ3n) is 2.64. The fraction of sp³-hybridized carbons (Fsp3) is 0.429. The minimum absolute atomic E-state index is 0.0352. The maximum atomic E-state index is 13.6. The average molecular weight is 334 g/mol. The monoisotopic (exact) mass is 334 g/mol. The van der Waals surface area contributed by atoms with E-state index in [0.717, 1.165) is 18.6 Å². The molecule has 0 saturated heterocycles. The molecule has 0 spiro atoms. The zero-order valence-electron chi connectivity index (χ0n) is 12.1. The summed E-state index contributed by atoms with van der Waals surface area (Å²) >= 11 is 0. The van der Waals surface area contributed by atoms with E-state index in [0.29, 0.717) is 12.5 Å². The van der Waals surface area contributed by atoms with Crippen molar-refractivity contribution in [3.8, 4) is 11.8 Å². The van der Waals surface area contributed by atoms with Crippen molar-refractivity contribution in [2.24, 2.45) is 0 Å². The van der Waals surface area contributed by atoms with E-state index in [4.69, 9.17) is 10.00 Å². The van der Waals surface area contributed by atoms with Crippen LogP contribution < -0.4 is 10.1 Å². The maximum Gasteiger partial charge on any atom is 0.573 e. The Balaban J connectivity index is 2.77. The molecule has 0 aliphatic carbocycles. The van der Waals surface area contributed by atoms with Gasteiger partial charge in [0, 0.05) is 0 Å².